The number of unbranched alkanes of at least 4 members (excludes halogenated alkanes) is 1. The van der Waals surface area contributed by atoms with Gasteiger partial charge in [0.2, 0.25) is 5.28 Å². The van der Waals surface area contributed by atoms with Crippen LogP contribution in [0.1, 0.15) is 32.6 Å². The maximum Gasteiger partial charge on any atom is 0.409 e. The van der Waals surface area contributed by atoms with Crippen LogP contribution in [0.25, 0.3) is 0 Å². The van der Waals surface area contributed by atoms with Crippen LogP contribution in [-0.4, -0.2) is 57.9 Å². The summed E-state index contributed by atoms with van der Waals surface area (Å²) in [6, 6.07) is 1.55. The van der Waals surface area contributed by atoms with Gasteiger partial charge in [0.15, 0.2) is 0 Å². The minimum absolute atomic E-state index is 0.0371. The van der Waals surface area contributed by atoms with Gasteiger partial charge in [-0.25, -0.2) is 14.8 Å². The molecule has 0 bridgehead atoms. The number of aliphatic hydroxyl groups excluding tert-OH is 1. The lowest BCUT2D eigenvalue weighted by atomic mass is 9.88. The van der Waals surface area contributed by atoms with Gasteiger partial charge in [0.1, 0.15) is 11.0 Å². The molecule has 1 saturated heterocycles. The topological polar surface area (TPSA) is 87.6 Å². The van der Waals surface area contributed by atoms with Gasteiger partial charge in [-0.2, -0.15) is 0 Å². The number of rotatable bonds is 6. The smallest absolute Gasteiger partial charge is 0.409 e. The van der Waals surface area contributed by atoms with Gasteiger partial charge in [-0.1, -0.05) is 24.9 Å². The summed E-state index contributed by atoms with van der Waals surface area (Å²) < 4.78 is 5.22. The number of nitrogens with zero attached hydrogens (tertiary/aromatic N) is 3. The number of hydrogen-bond donors (Lipinski definition) is 2. The highest BCUT2D eigenvalue weighted by Gasteiger charge is 2.36. The summed E-state index contributed by atoms with van der Waals surface area (Å²) in [6.45, 7) is 3.37. The molecule has 2 rings (SSSR count). The number of carbonyl (C=O) groups is 1. The van der Waals surface area contributed by atoms with Crippen molar-refractivity contribution in [1.29, 1.82) is 0 Å². The first-order valence-corrected chi connectivity index (χ1v) is 8.74. The zero-order valence-electron chi connectivity index (χ0n) is 13.6. The van der Waals surface area contributed by atoms with E-state index in [1.807, 2.05) is 6.92 Å². The summed E-state index contributed by atoms with van der Waals surface area (Å²) in [6.07, 6.45) is 2.66. The van der Waals surface area contributed by atoms with Gasteiger partial charge in [-0.05, 0) is 30.9 Å². The molecule has 0 saturated carbocycles. The van der Waals surface area contributed by atoms with Crippen molar-refractivity contribution < 1.29 is 14.6 Å². The Morgan fingerprint density at radius 2 is 2.12 bits per heavy atom. The fourth-order valence-electron chi connectivity index (χ4n) is 2.56. The number of aromatic nitrogens is 2. The number of aliphatic hydroxyl groups is 1. The molecule has 1 aliphatic rings. The van der Waals surface area contributed by atoms with E-state index >= 15 is 0 Å². The first-order chi connectivity index (χ1) is 11.5. The van der Waals surface area contributed by atoms with Crippen LogP contribution in [0.4, 0.5) is 10.6 Å². The van der Waals surface area contributed by atoms with Crippen LogP contribution in [0.2, 0.25) is 10.4 Å². The second-order valence-corrected chi connectivity index (χ2v) is 6.59. The molecule has 9 heteroatoms. The highest BCUT2D eigenvalue weighted by atomic mass is 35.5. The first kappa shape index (κ1) is 19.0. The second-order valence-electron chi connectivity index (χ2n) is 5.86. The van der Waals surface area contributed by atoms with E-state index in [1.165, 1.54) is 0 Å². The van der Waals surface area contributed by atoms with Crippen LogP contribution in [0.5, 0.6) is 0 Å². The number of halogens is 2. The van der Waals surface area contributed by atoms with E-state index < -0.39 is 5.54 Å². The molecule has 1 aliphatic heterocycles. The lowest BCUT2D eigenvalue weighted by Gasteiger charge is -2.41. The van der Waals surface area contributed by atoms with E-state index in [0.29, 0.717) is 38.4 Å². The molecule has 0 atom stereocenters. The summed E-state index contributed by atoms with van der Waals surface area (Å²) in [4.78, 5) is 21.5. The monoisotopic (exact) mass is 376 g/mol. The number of piperidine rings is 1. The quantitative estimate of drug-likeness (QED) is 0.450. The van der Waals surface area contributed by atoms with E-state index in [2.05, 4.69) is 15.3 Å². The number of ether oxygens (including phenoxy) is 1. The molecule has 2 N–H and O–H groups in total. The van der Waals surface area contributed by atoms with Gasteiger partial charge in [0.05, 0.1) is 18.8 Å². The summed E-state index contributed by atoms with van der Waals surface area (Å²) in [7, 11) is 0. The molecular weight excluding hydrogens is 355 g/mol. The Hall–Kier alpha value is -1.31. The Labute approximate surface area is 151 Å². The molecule has 7 nitrogen and oxygen atoms in total. The average Bonchev–Trinajstić information content (AvgIpc) is 2.54. The van der Waals surface area contributed by atoms with Gasteiger partial charge in [0, 0.05) is 19.2 Å². The van der Waals surface area contributed by atoms with E-state index in [0.717, 1.165) is 12.8 Å². The van der Waals surface area contributed by atoms with Crippen LogP contribution in [0, 0.1) is 0 Å². The highest BCUT2D eigenvalue weighted by molar-refractivity contribution is 6.32. The Morgan fingerprint density at radius 3 is 2.71 bits per heavy atom. The predicted octanol–water partition coefficient (Wildman–Crippen LogP) is 2.96. The van der Waals surface area contributed by atoms with Gasteiger partial charge in [-0.15, -0.1) is 0 Å². The molecule has 0 unspecified atom stereocenters. The van der Waals surface area contributed by atoms with Crippen LogP contribution in [0.3, 0.4) is 0 Å². The number of amides is 1. The number of likely N-dealkylation sites (tertiary alicyclic amines) is 1. The predicted molar refractivity (Wildman–Crippen MR) is 92.6 cm³/mol. The summed E-state index contributed by atoms with van der Waals surface area (Å²) >= 11 is 11.7. The van der Waals surface area contributed by atoms with E-state index in [1.54, 1.807) is 11.0 Å². The zero-order valence-corrected chi connectivity index (χ0v) is 15.1. The van der Waals surface area contributed by atoms with Gasteiger partial charge in [0.25, 0.3) is 0 Å². The Kier molecular flexibility index (Phi) is 6.89. The number of hydrogen-bond acceptors (Lipinski definition) is 6. The third-order valence-electron chi connectivity index (χ3n) is 4.07. The molecule has 0 radical (unpaired) electrons. The van der Waals surface area contributed by atoms with E-state index in [4.69, 9.17) is 27.9 Å². The molecule has 1 aromatic rings. The van der Waals surface area contributed by atoms with Gasteiger partial charge in [-0.3, -0.25) is 0 Å². The van der Waals surface area contributed by atoms with Crippen molar-refractivity contribution in [2.45, 2.75) is 38.1 Å². The maximum absolute atomic E-state index is 12.0. The van der Waals surface area contributed by atoms with Crippen LogP contribution < -0.4 is 5.32 Å². The molecule has 0 spiro atoms. The van der Waals surface area contributed by atoms with Crippen molar-refractivity contribution in [1.82, 2.24) is 14.9 Å². The van der Waals surface area contributed by atoms with Crippen molar-refractivity contribution in [3.05, 3.63) is 16.5 Å². The average molecular weight is 377 g/mol. The normalized spacial score (nSPS) is 16.8. The van der Waals surface area contributed by atoms with Crippen molar-refractivity contribution in [2.24, 2.45) is 0 Å². The molecule has 1 fully saturated rings. The number of nitrogens with one attached hydrogen (secondary N) is 1. The first-order valence-electron chi connectivity index (χ1n) is 7.99. The van der Waals surface area contributed by atoms with E-state index in [9.17, 15) is 9.90 Å². The van der Waals surface area contributed by atoms with E-state index in [-0.39, 0.29) is 23.1 Å². The van der Waals surface area contributed by atoms with Crippen molar-refractivity contribution >= 4 is 35.1 Å². The SMILES string of the molecule is CCCCOC(=O)N1CCC(CO)(Nc2cc(Cl)nc(Cl)n2)CC1. The van der Waals surface area contributed by atoms with Crippen molar-refractivity contribution in [3.63, 3.8) is 0 Å². The minimum Gasteiger partial charge on any atom is -0.449 e. The van der Waals surface area contributed by atoms with Gasteiger partial charge >= 0.3 is 6.09 Å². The Balaban J connectivity index is 1.94. The van der Waals surface area contributed by atoms with Crippen LogP contribution >= 0.6 is 23.2 Å². The highest BCUT2D eigenvalue weighted by Crippen LogP contribution is 2.27. The van der Waals surface area contributed by atoms with Crippen LogP contribution in [-0.2, 0) is 4.74 Å². The number of anilines is 1. The molecule has 1 aromatic heterocycles. The largest absolute Gasteiger partial charge is 0.449 e. The fourth-order valence-corrected chi connectivity index (χ4v) is 2.97. The maximum atomic E-state index is 12.0. The lowest BCUT2D eigenvalue weighted by Crippen LogP contribution is -2.53. The lowest BCUT2D eigenvalue weighted by molar-refractivity contribution is 0.0740. The molecule has 24 heavy (non-hydrogen) atoms. The third kappa shape index (κ3) is 5.09. The van der Waals surface area contributed by atoms with Crippen LogP contribution in [0.15, 0.2) is 6.07 Å². The minimum atomic E-state index is -0.582. The molecule has 1 amide bonds. The standard InChI is InChI=1S/C15H22Cl2N4O3/c1-2-3-8-24-14(23)21-6-4-15(10-22,5-7-21)20-12-9-11(16)18-13(17)19-12/h9,22H,2-8,10H2,1H3,(H,18,19,20). The second kappa shape index (κ2) is 8.69. The summed E-state index contributed by atoms with van der Waals surface area (Å²) in [5.74, 6) is 0.452. The number of carbonyl (C=O) groups excluding carboxylic acids is 1. The molecule has 2 heterocycles. The Morgan fingerprint density at radius 1 is 1.42 bits per heavy atom. The molecule has 0 aliphatic carbocycles. The summed E-state index contributed by atoms with van der Waals surface area (Å²) in [5.41, 5.74) is -0.582. The van der Waals surface area contributed by atoms with Crippen molar-refractivity contribution in [2.75, 3.05) is 31.6 Å². The fraction of sp³-hybridized carbons (Fsp3) is 0.667. The zero-order chi connectivity index (χ0) is 17.6. The summed E-state index contributed by atoms with van der Waals surface area (Å²) in [5, 5.41) is 13.3. The van der Waals surface area contributed by atoms with Crippen molar-refractivity contribution in [3.8, 4) is 0 Å². The molecule has 134 valence electrons. The van der Waals surface area contributed by atoms with Gasteiger partial charge < -0.3 is 20.1 Å². The Bertz CT molecular complexity index is 545. The molecule has 0 aromatic carbocycles. The third-order valence-corrected chi connectivity index (χ3v) is 4.43. The molecular formula is C15H22Cl2N4O3.